The van der Waals surface area contributed by atoms with Gasteiger partial charge in [0.05, 0.1) is 18.7 Å². The molecule has 0 fully saturated rings. The van der Waals surface area contributed by atoms with Crippen LogP contribution in [-0.2, 0) is 17.8 Å². The van der Waals surface area contributed by atoms with Crippen LogP contribution in [0.1, 0.15) is 35.0 Å². The number of rotatable bonds is 6. The number of hydrogen-bond donors (Lipinski definition) is 1. The zero-order chi connectivity index (χ0) is 17.8. The lowest BCUT2D eigenvalue weighted by molar-refractivity contribution is -0.116. The van der Waals surface area contributed by atoms with Crippen molar-refractivity contribution in [2.75, 3.05) is 25.0 Å². The Hall–Kier alpha value is -1.92. The number of amides is 1. The van der Waals surface area contributed by atoms with E-state index >= 15 is 0 Å². The maximum Gasteiger partial charge on any atom is 0.229 e. The van der Waals surface area contributed by atoms with Crippen molar-refractivity contribution < 1.29 is 9.53 Å². The van der Waals surface area contributed by atoms with Crippen LogP contribution >= 0.6 is 11.3 Å². The van der Waals surface area contributed by atoms with Gasteiger partial charge < -0.3 is 10.1 Å². The van der Waals surface area contributed by atoms with Crippen molar-refractivity contribution >= 4 is 22.4 Å². The summed E-state index contributed by atoms with van der Waals surface area (Å²) in [6.45, 7) is 9.61. The Morgan fingerprint density at radius 3 is 3.04 bits per heavy atom. The van der Waals surface area contributed by atoms with Gasteiger partial charge in [-0.2, -0.15) is 0 Å². The molecule has 0 unspecified atom stereocenters. The van der Waals surface area contributed by atoms with Gasteiger partial charge in [0, 0.05) is 24.4 Å². The van der Waals surface area contributed by atoms with E-state index in [1.54, 1.807) is 11.3 Å². The van der Waals surface area contributed by atoms with E-state index < -0.39 is 0 Å². The molecule has 2 aromatic rings. The minimum Gasteiger partial charge on any atom is -0.493 e. The summed E-state index contributed by atoms with van der Waals surface area (Å²) in [7, 11) is 0. The largest absolute Gasteiger partial charge is 0.493 e. The highest BCUT2D eigenvalue weighted by atomic mass is 32.1. The molecule has 0 aliphatic carbocycles. The molecular formula is C19H25N3O2S. The number of nitrogens with zero attached hydrogens (tertiary/aromatic N) is 2. The second-order valence-corrected chi connectivity index (χ2v) is 7.51. The fourth-order valence-corrected chi connectivity index (χ4v) is 3.94. The van der Waals surface area contributed by atoms with Gasteiger partial charge in [-0.05, 0) is 37.6 Å². The Bertz CT molecular complexity index is 757. The van der Waals surface area contributed by atoms with E-state index in [9.17, 15) is 4.79 Å². The van der Waals surface area contributed by atoms with Crippen LogP contribution in [-0.4, -0.2) is 35.5 Å². The minimum atomic E-state index is -0.0521. The molecule has 1 aliphatic heterocycles. The Balaban J connectivity index is 1.50. The quantitative estimate of drug-likeness (QED) is 0.857. The SMILES string of the molecule is CCN1CCc2nc(NC(=O)CCOc3cc(C)ccc3C)sc2C1. The molecule has 6 heteroatoms. The van der Waals surface area contributed by atoms with Gasteiger partial charge in [0.15, 0.2) is 5.13 Å². The van der Waals surface area contributed by atoms with Crippen LogP contribution in [0.15, 0.2) is 18.2 Å². The van der Waals surface area contributed by atoms with E-state index in [-0.39, 0.29) is 5.91 Å². The number of anilines is 1. The molecule has 25 heavy (non-hydrogen) atoms. The number of ether oxygens (including phenoxy) is 1. The first-order chi connectivity index (χ1) is 12.0. The van der Waals surface area contributed by atoms with Crippen molar-refractivity contribution in [1.82, 2.24) is 9.88 Å². The average molecular weight is 359 g/mol. The Morgan fingerprint density at radius 1 is 1.40 bits per heavy atom. The van der Waals surface area contributed by atoms with Crippen LogP contribution in [0.4, 0.5) is 5.13 Å². The average Bonchev–Trinajstić information content (AvgIpc) is 2.99. The third-order valence-electron chi connectivity index (χ3n) is 4.43. The molecule has 2 heterocycles. The molecule has 0 radical (unpaired) electrons. The van der Waals surface area contributed by atoms with Crippen LogP contribution < -0.4 is 10.1 Å². The molecule has 1 aliphatic rings. The molecule has 1 amide bonds. The lowest BCUT2D eigenvalue weighted by atomic mass is 10.1. The number of aryl methyl sites for hydroxylation is 2. The van der Waals surface area contributed by atoms with Crippen LogP contribution in [0.5, 0.6) is 5.75 Å². The molecule has 0 saturated carbocycles. The second-order valence-electron chi connectivity index (χ2n) is 6.42. The molecule has 1 aromatic carbocycles. The zero-order valence-electron chi connectivity index (χ0n) is 15.1. The third-order valence-corrected chi connectivity index (χ3v) is 5.43. The van der Waals surface area contributed by atoms with E-state index in [0.717, 1.165) is 48.6 Å². The number of carbonyl (C=O) groups excluding carboxylic acids is 1. The van der Waals surface area contributed by atoms with Crippen molar-refractivity contribution in [2.24, 2.45) is 0 Å². The highest BCUT2D eigenvalue weighted by Crippen LogP contribution is 2.28. The summed E-state index contributed by atoms with van der Waals surface area (Å²) < 4.78 is 5.75. The number of fused-ring (bicyclic) bond motifs is 1. The van der Waals surface area contributed by atoms with Gasteiger partial charge in [0.25, 0.3) is 0 Å². The second kappa shape index (κ2) is 7.97. The minimum absolute atomic E-state index is 0.0521. The fraction of sp³-hybridized carbons (Fsp3) is 0.474. The first-order valence-corrected chi connectivity index (χ1v) is 9.57. The highest BCUT2D eigenvalue weighted by Gasteiger charge is 2.20. The molecule has 5 nitrogen and oxygen atoms in total. The molecular weight excluding hydrogens is 334 g/mol. The number of benzene rings is 1. The van der Waals surface area contributed by atoms with Crippen molar-refractivity contribution in [3.05, 3.63) is 39.9 Å². The normalized spacial score (nSPS) is 14.2. The summed E-state index contributed by atoms with van der Waals surface area (Å²) >= 11 is 1.59. The predicted octanol–water partition coefficient (Wildman–Crippen LogP) is 3.55. The molecule has 1 N–H and O–H groups in total. The molecule has 0 saturated heterocycles. The molecule has 1 aromatic heterocycles. The molecule has 0 spiro atoms. The standard InChI is InChI=1S/C19H25N3O2S/c1-4-22-9-7-15-17(12-22)25-19(20-15)21-18(23)8-10-24-16-11-13(2)5-6-14(16)3/h5-6,11H,4,7-10,12H2,1-3H3,(H,20,21,23). The van der Waals surface area contributed by atoms with Crippen LogP contribution in [0.3, 0.4) is 0 Å². The Kier molecular flexibility index (Phi) is 5.71. The fourth-order valence-electron chi connectivity index (χ4n) is 2.87. The summed E-state index contributed by atoms with van der Waals surface area (Å²) in [5.41, 5.74) is 3.37. The van der Waals surface area contributed by atoms with Gasteiger partial charge in [0.1, 0.15) is 5.75 Å². The van der Waals surface area contributed by atoms with Gasteiger partial charge in [-0.15, -0.1) is 11.3 Å². The summed E-state index contributed by atoms with van der Waals surface area (Å²) in [5, 5.41) is 3.62. The van der Waals surface area contributed by atoms with E-state index in [0.29, 0.717) is 18.2 Å². The highest BCUT2D eigenvalue weighted by molar-refractivity contribution is 7.15. The summed E-state index contributed by atoms with van der Waals surface area (Å²) in [4.78, 5) is 20.4. The molecule has 0 atom stereocenters. The lowest BCUT2D eigenvalue weighted by Crippen LogP contribution is -2.29. The monoisotopic (exact) mass is 359 g/mol. The lowest BCUT2D eigenvalue weighted by Gasteiger charge is -2.23. The van der Waals surface area contributed by atoms with Gasteiger partial charge in [-0.25, -0.2) is 4.98 Å². The Labute approximate surface area is 153 Å². The van der Waals surface area contributed by atoms with Gasteiger partial charge in [-0.3, -0.25) is 9.69 Å². The van der Waals surface area contributed by atoms with Gasteiger partial charge >= 0.3 is 0 Å². The smallest absolute Gasteiger partial charge is 0.229 e. The van der Waals surface area contributed by atoms with Crippen molar-refractivity contribution in [3.63, 3.8) is 0 Å². The number of thiazole rings is 1. The van der Waals surface area contributed by atoms with E-state index in [2.05, 4.69) is 28.2 Å². The maximum absolute atomic E-state index is 12.2. The van der Waals surface area contributed by atoms with E-state index in [1.165, 1.54) is 4.88 Å². The van der Waals surface area contributed by atoms with Gasteiger partial charge in [0.2, 0.25) is 5.91 Å². The third kappa shape index (κ3) is 4.58. The number of aromatic nitrogens is 1. The van der Waals surface area contributed by atoms with Crippen molar-refractivity contribution in [3.8, 4) is 5.75 Å². The summed E-state index contributed by atoms with van der Waals surface area (Å²) in [6.07, 6.45) is 1.28. The van der Waals surface area contributed by atoms with E-state index in [4.69, 9.17) is 4.74 Å². The van der Waals surface area contributed by atoms with Crippen molar-refractivity contribution in [2.45, 2.75) is 40.2 Å². The van der Waals surface area contributed by atoms with Crippen LogP contribution in [0, 0.1) is 13.8 Å². The van der Waals surface area contributed by atoms with Gasteiger partial charge in [-0.1, -0.05) is 19.1 Å². The summed E-state index contributed by atoms with van der Waals surface area (Å²) in [6, 6.07) is 6.09. The Morgan fingerprint density at radius 2 is 2.24 bits per heavy atom. The first-order valence-electron chi connectivity index (χ1n) is 8.76. The maximum atomic E-state index is 12.2. The van der Waals surface area contributed by atoms with Crippen LogP contribution in [0.2, 0.25) is 0 Å². The van der Waals surface area contributed by atoms with E-state index in [1.807, 2.05) is 26.0 Å². The first kappa shape index (κ1) is 17.9. The molecule has 134 valence electrons. The van der Waals surface area contributed by atoms with Crippen molar-refractivity contribution in [1.29, 1.82) is 0 Å². The van der Waals surface area contributed by atoms with Crippen LogP contribution in [0.25, 0.3) is 0 Å². The number of nitrogens with one attached hydrogen (secondary N) is 1. The molecule has 3 rings (SSSR count). The zero-order valence-corrected chi connectivity index (χ0v) is 15.9. The number of carbonyl (C=O) groups is 1. The number of hydrogen-bond acceptors (Lipinski definition) is 5. The number of likely N-dealkylation sites (N-methyl/N-ethyl adjacent to an activating group) is 1. The molecule has 0 bridgehead atoms. The predicted molar refractivity (Wildman–Crippen MR) is 101 cm³/mol. The summed E-state index contributed by atoms with van der Waals surface area (Å²) in [5.74, 6) is 0.793. The topological polar surface area (TPSA) is 54.5 Å².